The average Bonchev–Trinajstić information content (AvgIpc) is 2.78. The summed E-state index contributed by atoms with van der Waals surface area (Å²) in [4.78, 5) is 12.6. The van der Waals surface area contributed by atoms with E-state index in [1.54, 1.807) is 0 Å². The molecule has 0 fully saturated rings. The molecular formula is C27H27NO2. The summed E-state index contributed by atoms with van der Waals surface area (Å²) < 4.78 is 5.12. The van der Waals surface area contributed by atoms with Crippen LogP contribution in [0.3, 0.4) is 0 Å². The second-order valence-corrected chi connectivity index (χ2v) is 7.83. The van der Waals surface area contributed by atoms with Crippen molar-refractivity contribution >= 4 is 27.5 Å². The van der Waals surface area contributed by atoms with E-state index in [9.17, 15) is 4.79 Å². The summed E-state index contributed by atoms with van der Waals surface area (Å²) in [6, 6.07) is 29.1. The van der Waals surface area contributed by atoms with Crippen molar-refractivity contribution in [2.24, 2.45) is 0 Å². The number of benzene rings is 4. The summed E-state index contributed by atoms with van der Waals surface area (Å²) >= 11 is 0. The van der Waals surface area contributed by atoms with E-state index in [1.807, 2.05) is 18.2 Å². The predicted octanol–water partition coefficient (Wildman–Crippen LogP) is 5.30. The summed E-state index contributed by atoms with van der Waals surface area (Å²) in [7, 11) is 1.45. The molecule has 2 atom stereocenters. The zero-order chi connectivity index (χ0) is 20.9. The van der Waals surface area contributed by atoms with Crippen LogP contribution in [0.2, 0.25) is 0 Å². The Labute approximate surface area is 177 Å². The standard InChI is InChI=1S/C27H27NO2/c1-19(17-22-13-7-11-20-9-3-5-15-24(20)22)28-26(27(29)30-2)18-23-14-8-12-21-10-4-6-16-25(21)23/h3-16,19,26,28H,17-18H2,1-2H3/t19-,26+/m0/s1. The van der Waals surface area contributed by atoms with E-state index in [0.717, 1.165) is 12.0 Å². The van der Waals surface area contributed by atoms with E-state index in [2.05, 4.69) is 79.0 Å². The number of nitrogens with one attached hydrogen (secondary N) is 1. The van der Waals surface area contributed by atoms with Crippen molar-refractivity contribution in [3.8, 4) is 0 Å². The first-order chi connectivity index (χ1) is 14.7. The number of rotatable bonds is 7. The van der Waals surface area contributed by atoms with E-state index in [1.165, 1.54) is 34.2 Å². The zero-order valence-corrected chi connectivity index (χ0v) is 17.5. The molecular weight excluding hydrogens is 370 g/mol. The molecule has 0 saturated heterocycles. The Hall–Kier alpha value is -3.17. The molecule has 0 aromatic heterocycles. The van der Waals surface area contributed by atoms with Crippen LogP contribution in [0.15, 0.2) is 84.9 Å². The fraction of sp³-hybridized carbons (Fsp3) is 0.222. The molecule has 0 spiro atoms. The Morgan fingerprint density at radius 3 is 1.83 bits per heavy atom. The fourth-order valence-electron chi connectivity index (χ4n) is 4.25. The summed E-state index contributed by atoms with van der Waals surface area (Å²) in [6.45, 7) is 2.13. The highest BCUT2D eigenvalue weighted by Gasteiger charge is 2.22. The predicted molar refractivity (Wildman–Crippen MR) is 124 cm³/mol. The Morgan fingerprint density at radius 1 is 0.767 bits per heavy atom. The lowest BCUT2D eigenvalue weighted by atomic mass is 9.96. The molecule has 3 nitrogen and oxygen atoms in total. The van der Waals surface area contributed by atoms with Crippen molar-refractivity contribution in [2.45, 2.75) is 31.8 Å². The number of hydrogen-bond acceptors (Lipinski definition) is 3. The molecule has 0 aliphatic carbocycles. The van der Waals surface area contributed by atoms with E-state index >= 15 is 0 Å². The van der Waals surface area contributed by atoms with Gasteiger partial charge in [0.25, 0.3) is 0 Å². The van der Waals surface area contributed by atoms with Crippen LogP contribution in [0, 0.1) is 0 Å². The monoisotopic (exact) mass is 397 g/mol. The quantitative estimate of drug-likeness (QED) is 0.430. The molecule has 0 bridgehead atoms. The number of esters is 1. The lowest BCUT2D eigenvalue weighted by molar-refractivity contribution is -0.143. The van der Waals surface area contributed by atoms with Gasteiger partial charge in [0.05, 0.1) is 7.11 Å². The molecule has 152 valence electrons. The zero-order valence-electron chi connectivity index (χ0n) is 17.5. The largest absolute Gasteiger partial charge is 0.468 e. The van der Waals surface area contributed by atoms with Crippen molar-refractivity contribution in [1.29, 1.82) is 0 Å². The first-order valence-corrected chi connectivity index (χ1v) is 10.4. The number of carbonyl (C=O) groups is 1. The maximum atomic E-state index is 12.6. The Morgan fingerprint density at radius 2 is 1.27 bits per heavy atom. The second kappa shape index (κ2) is 9.10. The van der Waals surface area contributed by atoms with Crippen LogP contribution in [0.1, 0.15) is 18.1 Å². The fourth-order valence-corrected chi connectivity index (χ4v) is 4.25. The third-order valence-corrected chi connectivity index (χ3v) is 5.68. The molecule has 0 heterocycles. The normalized spacial score (nSPS) is 13.3. The van der Waals surface area contributed by atoms with Gasteiger partial charge in [0.1, 0.15) is 6.04 Å². The Kier molecular flexibility index (Phi) is 6.10. The highest BCUT2D eigenvalue weighted by molar-refractivity contribution is 5.87. The van der Waals surface area contributed by atoms with Gasteiger partial charge in [-0.3, -0.25) is 4.79 Å². The molecule has 4 rings (SSSR count). The smallest absolute Gasteiger partial charge is 0.323 e. The maximum absolute atomic E-state index is 12.6. The minimum Gasteiger partial charge on any atom is -0.468 e. The van der Waals surface area contributed by atoms with Crippen LogP contribution in [-0.4, -0.2) is 25.2 Å². The van der Waals surface area contributed by atoms with Crippen molar-refractivity contribution < 1.29 is 9.53 Å². The number of carbonyl (C=O) groups excluding carboxylic acids is 1. The third kappa shape index (κ3) is 4.37. The summed E-state index contributed by atoms with van der Waals surface area (Å²) in [5.41, 5.74) is 2.43. The molecule has 0 aliphatic rings. The first kappa shape index (κ1) is 20.1. The molecule has 0 unspecified atom stereocenters. The van der Waals surface area contributed by atoms with Gasteiger partial charge in [-0.15, -0.1) is 0 Å². The third-order valence-electron chi connectivity index (χ3n) is 5.68. The minimum absolute atomic E-state index is 0.120. The lowest BCUT2D eigenvalue weighted by Crippen LogP contribution is -2.45. The molecule has 0 radical (unpaired) electrons. The van der Waals surface area contributed by atoms with Gasteiger partial charge in [-0.05, 0) is 52.4 Å². The Bertz CT molecular complexity index is 1160. The van der Waals surface area contributed by atoms with Gasteiger partial charge in [-0.2, -0.15) is 0 Å². The SMILES string of the molecule is COC(=O)[C@@H](Cc1cccc2ccccc12)N[C@@H](C)Cc1cccc2ccccc12. The number of hydrogen-bond donors (Lipinski definition) is 1. The van der Waals surface area contributed by atoms with Crippen LogP contribution in [0.5, 0.6) is 0 Å². The lowest BCUT2D eigenvalue weighted by Gasteiger charge is -2.23. The van der Waals surface area contributed by atoms with E-state index in [-0.39, 0.29) is 12.0 Å². The van der Waals surface area contributed by atoms with Gasteiger partial charge in [0.2, 0.25) is 0 Å². The van der Waals surface area contributed by atoms with Crippen LogP contribution in [0.4, 0.5) is 0 Å². The van der Waals surface area contributed by atoms with Gasteiger partial charge in [-0.25, -0.2) is 0 Å². The van der Waals surface area contributed by atoms with Gasteiger partial charge in [-0.1, -0.05) is 84.9 Å². The minimum atomic E-state index is -0.397. The molecule has 0 saturated carbocycles. The van der Waals surface area contributed by atoms with Crippen molar-refractivity contribution in [3.63, 3.8) is 0 Å². The van der Waals surface area contributed by atoms with E-state index in [0.29, 0.717) is 6.42 Å². The van der Waals surface area contributed by atoms with Gasteiger partial charge < -0.3 is 10.1 Å². The van der Waals surface area contributed by atoms with Crippen molar-refractivity contribution in [3.05, 3.63) is 96.1 Å². The van der Waals surface area contributed by atoms with Crippen LogP contribution in [0.25, 0.3) is 21.5 Å². The summed E-state index contributed by atoms with van der Waals surface area (Å²) in [6.07, 6.45) is 1.43. The highest BCUT2D eigenvalue weighted by atomic mass is 16.5. The molecule has 4 aromatic rings. The van der Waals surface area contributed by atoms with E-state index < -0.39 is 6.04 Å². The van der Waals surface area contributed by atoms with Crippen LogP contribution in [-0.2, 0) is 22.4 Å². The molecule has 30 heavy (non-hydrogen) atoms. The number of ether oxygens (including phenoxy) is 1. The molecule has 3 heteroatoms. The molecule has 0 amide bonds. The van der Waals surface area contributed by atoms with Crippen molar-refractivity contribution in [2.75, 3.05) is 7.11 Å². The van der Waals surface area contributed by atoms with Crippen molar-refractivity contribution in [1.82, 2.24) is 5.32 Å². The molecule has 4 aromatic carbocycles. The summed E-state index contributed by atoms with van der Waals surface area (Å²) in [5, 5.41) is 8.38. The topological polar surface area (TPSA) is 38.3 Å². The number of methoxy groups -OCH3 is 1. The van der Waals surface area contributed by atoms with Crippen LogP contribution >= 0.6 is 0 Å². The Balaban J connectivity index is 1.55. The second-order valence-electron chi connectivity index (χ2n) is 7.83. The average molecular weight is 398 g/mol. The molecule has 0 aliphatic heterocycles. The highest BCUT2D eigenvalue weighted by Crippen LogP contribution is 2.22. The summed E-state index contributed by atoms with van der Waals surface area (Å²) in [5.74, 6) is -0.229. The molecule has 1 N–H and O–H groups in total. The first-order valence-electron chi connectivity index (χ1n) is 10.4. The maximum Gasteiger partial charge on any atom is 0.323 e. The van der Waals surface area contributed by atoms with E-state index in [4.69, 9.17) is 4.74 Å². The van der Waals surface area contributed by atoms with Gasteiger partial charge >= 0.3 is 5.97 Å². The van der Waals surface area contributed by atoms with Gasteiger partial charge in [0, 0.05) is 6.04 Å². The van der Waals surface area contributed by atoms with Crippen LogP contribution < -0.4 is 5.32 Å². The van der Waals surface area contributed by atoms with Gasteiger partial charge in [0.15, 0.2) is 0 Å². The number of fused-ring (bicyclic) bond motifs is 2.